The Morgan fingerprint density at radius 1 is 1.53 bits per heavy atom. The van der Waals surface area contributed by atoms with Gasteiger partial charge in [-0.2, -0.15) is 4.98 Å². The van der Waals surface area contributed by atoms with Crippen LogP contribution in [0.3, 0.4) is 0 Å². The van der Waals surface area contributed by atoms with Crippen LogP contribution in [0, 0.1) is 6.92 Å². The van der Waals surface area contributed by atoms with Crippen LogP contribution in [0.25, 0.3) is 0 Å². The Labute approximate surface area is 106 Å². The number of carbonyl (C=O) groups excluding carboxylic acids is 1. The van der Waals surface area contributed by atoms with Crippen LogP contribution < -0.4 is 5.32 Å². The second-order valence-corrected chi connectivity index (χ2v) is 4.26. The second kappa shape index (κ2) is 4.70. The van der Waals surface area contributed by atoms with Crippen LogP contribution in [0.5, 0.6) is 0 Å². The predicted octanol–water partition coefficient (Wildman–Crippen LogP) is 2.22. The van der Waals surface area contributed by atoms with Gasteiger partial charge in [-0.05, 0) is 41.9 Å². The summed E-state index contributed by atoms with van der Waals surface area (Å²) in [5.74, 6) is 0.780. The highest BCUT2D eigenvalue weighted by Gasteiger charge is 2.18. The molecular formula is C10H10BrN3O3. The van der Waals surface area contributed by atoms with Crippen LogP contribution in [0.1, 0.15) is 35.2 Å². The largest absolute Gasteiger partial charge is 0.444 e. The van der Waals surface area contributed by atoms with Gasteiger partial charge in [-0.25, -0.2) is 0 Å². The molecule has 0 saturated carbocycles. The summed E-state index contributed by atoms with van der Waals surface area (Å²) in [7, 11) is 0. The lowest BCUT2D eigenvalue weighted by Gasteiger charge is -2.07. The zero-order chi connectivity index (χ0) is 12.4. The number of aryl methyl sites for hydroxylation is 1. The third kappa shape index (κ3) is 2.73. The quantitative estimate of drug-likeness (QED) is 0.940. The molecule has 2 aromatic rings. The van der Waals surface area contributed by atoms with Gasteiger partial charge >= 0.3 is 0 Å². The fourth-order valence-electron chi connectivity index (χ4n) is 1.25. The molecule has 0 radical (unpaired) electrons. The van der Waals surface area contributed by atoms with Crippen LogP contribution >= 0.6 is 15.9 Å². The molecule has 17 heavy (non-hydrogen) atoms. The molecule has 0 saturated heterocycles. The van der Waals surface area contributed by atoms with Gasteiger partial charge in [0.25, 0.3) is 5.91 Å². The monoisotopic (exact) mass is 299 g/mol. The number of nitrogens with one attached hydrogen (secondary N) is 1. The molecule has 6 nitrogen and oxygen atoms in total. The lowest BCUT2D eigenvalue weighted by Crippen LogP contribution is -2.26. The van der Waals surface area contributed by atoms with Crippen LogP contribution in [0.2, 0.25) is 0 Å². The molecule has 2 rings (SSSR count). The predicted molar refractivity (Wildman–Crippen MR) is 61.3 cm³/mol. The van der Waals surface area contributed by atoms with E-state index in [0.717, 1.165) is 0 Å². The molecule has 0 spiro atoms. The second-order valence-electron chi connectivity index (χ2n) is 3.48. The molecule has 7 heteroatoms. The molecule has 0 aliphatic rings. The number of hydrogen-bond donors (Lipinski definition) is 1. The fourth-order valence-corrected chi connectivity index (χ4v) is 1.56. The molecule has 90 valence electrons. The van der Waals surface area contributed by atoms with E-state index in [0.29, 0.717) is 16.4 Å². The Bertz CT molecular complexity index is 534. The topological polar surface area (TPSA) is 81.2 Å². The Kier molecular flexibility index (Phi) is 3.28. The van der Waals surface area contributed by atoms with Crippen molar-refractivity contribution in [1.29, 1.82) is 0 Å². The van der Waals surface area contributed by atoms with Gasteiger partial charge in [0.15, 0.2) is 16.3 Å². The van der Waals surface area contributed by atoms with Gasteiger partial charge in [0.05, 0.1) is 0 Å². The van der Waals surface area contributed by atoms with Crippen molar-refractivity contribution in [2.45, 2.75) is 19.9 Å². The highest BCUT2D eigenvalue weighted by molar-refractivity contribution is 9.10. The van der Waals surface area contributed by atoms with Crippen LogP contribution in [-0.4, -0.2) is 16.0 Å². The van der Waals surface area contributed by atoms with E-state index in [1.165, 1.54) is 0 Å². The Hall–Kier alpha value is -1.63. The average molecular weight is 300 g/mol. The summed E-state index contributed by atoms with van der Waals surface area (Å²) in [6.45, 7) is 3.47. The number of halogens is 1. The zero-order valence-corrected chi connectivity index (χ0v) is 10.8. The standard InChI is InChI=1S/C10H10BrN3O3/c1-5(10-13-6(2)14-17-10)12-9(15)7-3-4-8(11)16-7/h3-5H,1-2H3,(H,12,15). The fraction of sp³-hybridized carbons (Fsp3) is 0.300. The maximum Gasteiger partial charge on any atom is 0.287 e. The highest BCUT2D eigenvalue weighted by atomic mass is 79.9. The molecule has 0 aliphatic heterocycles. The summed E-state index contributed by atoms with van der Waals surface area (Å²) in [5, 5.41) is 6.34. The molecule has 1 unspecified atom stereocenters. The number of aromatic nitrogens is 2. The molecule has 1 N–H and O–H groups in total. The van der Waals surface area contributed by atoms with E-state index in [4.69, 9.17) is 8.94 Å². The normalized spacial score (nSPS) is 12.4. The molecule has 0 bridgehead atoms. The van der Waals surface area contributed by atoms with Crippen molar-refractivity contribution in [1.82, 2.24) is 15.5 Å². The maximum atomic E-state index is 11.7. The average Bonchev–Trinajstić information content (AvgIpc) is 2.87. The summed E-state index contributed by atoms with van der Waals surface area (Å²) in [5.41, 5.74) is 0. The minimum absolute atomic E-state index is 0.222. The number of rotatable bonds is 3. The van der Waals surface area contributed by atoms with Crippen molar-refractivity contribution in [3.8, 4) is 0 Å². The van der Waals surface area contributed by atoms with Gasteiger partial charge < -0.3 is 14.3 Å². The van der Waals surface area contributed by atoms with E-state index in [-0.39, 0.29) is 17.7 Å². The maximum absolute atomic E-state index is 11.7. The van der Waals surface area contributed by atoms with Crippen LogP contribution in [0.15, 0.2) is 25.7 Å². The minimum Gasteiger partial charge on any atom is -0.444 e. The molecule has 0 aliphatic carbocycles. The minimum atomic E-state index is -0.368. The summed E-state index contributed by atoms with van der Waals surface area (Å²) in [4.78, 5) is 15.8. The number of amides is 1. The summed E-state index contributed by atoms with van der Waals surface area (Å²) in [6.07, 6.45) is 0. The lowest BCUT2D eigenvalue weighted by molar-refractivity contribution is 0.0903. The summed E-state index contributed by atoms with van der Waals surface area (Å²) < 4.78 is 10.6. The first-order valence-electron chi connectivity index (χ1n) is 4.92. The molecule has 0 fully saturated rings. The zero-order valence-electron chi connectivity index (χ0n) is 9.23. The third-order valence-electron chi connectivity index (χ3n) is 2.06. The highest BCUT2D eigenvalue weighted by Crippen LogP contribution is 2.15. The van der Waals surface area contributed by atoms with Crippen molar-refractivity contribution >= 4 is 21.8 Å². The van der Waals surface area contributed by atoms with Crippen molar-refractivity contribution in [2.24, 2.45) is 0 Å². The molecule has 0 aromatic carbocycles. The van der Waals surface area contributed by atoms with Gasteiger partial charge in [-0.3, -0.25) is 4.79 Å². The van der Waals surface area contributed by atoms with E-state index in [1.807, 2.05) is 0 Å². The Morgan fingerprint density at radius 3 is 2.82 bits per heavy atom. The van der Waals surface area contributed by atoms with Gasteiger partial charge in [-0.1, -0.05) is 5.16 Å². The number of furan rings is 1. The molecular weight excluding hydrogens is 290 g/mol. The van der Waals surface area contributed by atoms with E-state index in [9.17, 15) is 4.79 Å². The molecule has 1 amide bonds. The smallest absolute Gasteiger partial charge is 0.287 e. The molecule has 2 heterocycles. The van der Waals surface area contributed by atoms with E-state index < -0.39 is 0 Å². The summed E-state index contributed by atoms with van der Waals surface area (Å²) >= 11 is 3.13. The first-order valence-corrected chi connectivity index (χ1v) is 5.72. The van der Waals surface area contributed by atoms with Crippen molar-refractivity contribution in [2.75, 3.05) is 0 Å². The van der Waals surface area contributed by atoms with Crippen LogP contribution in [-0.2, 0) is 0 Å². The van der Waals surface area contributed by atoms with Gasteiger partial charge in [0.1, 0.15) is 6.04 Å². The number of hydrogen-bond acceptors (Lipinski definition) is 5. The Balaban J connectivity index is 2.04. The van der Waals surface area contributed by atoms with Crippen LogP contribution in [0.4, 0.5) is 0 Å². The number of nitrogens with zero attached hydrogens (tertiary/aromatic N) is 2. The van der Waals surface area contributed by atoms with Crippen molar-refractivity contribution < 1.29 is 13.7 Å². The SMILES string of the molecule is Cc1noc(C(C)NC(=O)c2ccc(Br)o2)n1. The van der Waals surface area contributed by atoms with E-state index in [1.54, 1.807) is 26.0 Å². The molecule has 2 aromatic heterocycles. The molecule has 1 atom stereocenters. The van der Waals surface area contributed by atoms with Gasteiger partial charge in [0.2, 0.25) is 5.89 Å². The first-order chi connectivity index (χ1) is 8.06. The van der Waals surface area contributed by atoms with Crippen molar-refractivity contribution in [3.05, 3.63) is 34.3 Å². The Morgan fingerprint density at radius 2 is 2.29 bits per heavy atom. The summed E-state index contributed by atoms with van der Waals surface area (Å²) in [6, 6.07) is 2.86. The third-order valence-corrected chi connectivity index (χ3v) is 2.48. The van der Waals surface area contributed by atoms with Crippen molar-refractivity contribution in [3.63, 3.8) is 0 Å². The number of carbonyl (C=O) groups is 1. The van der Waals surface area contributed by atoms with Gasteiger partial charge in [0, 0.05) is 0 Å². The van der Waals surface area contributed by atoms with E-state index in [2.05, 4.69) is 31.4 Å². The van der Waals surface area contributed by atoms with Gasteiger partial charge in [-0.15, -0.1) is 0 Å². The lowest BCUT2D eigenvalue weighted by atomic mass is 10.3. The first kappa shape index (κ1) is 11.8. The van der Waals surface area contributed by atoms with E-state index >= 15 is 0 Å².